The van der Waals surface area contributed by atoms with Gasteiger partial charge < -0.3 is 21.5 Å². The highest BCUT2D eigenvalue weighted by Gasteiger charge is 2.03. The van der Waals surface area contributed by atoms with E-state index in [1.54, 1.807) is 0 Å². The van der Waals surface area contributed by atoms with Crippen molar-refractivity contribution in [2.75, 3.05) is 26.4 Å². The van der Waals surface area contributed by atoms with Gasteiger partial charge >= 0.3 is 0 Å². The first-order chi connectivity index (χ1) is 3.39. The molecule has 0 aromatic heterocycles. The van der Waals surface area contributed by atoms with E-state index in [-0.39, 0.29) is 0 Å². The van der Waals surface area contributed by atoms with Gasteiger partial charge in [-0.3, -0.25) is 0 Å². The van der Waals surface area contributed by atoms with Gasteiger partial charge in [-0.2, -0.15) is 0 Å². The van der Waals surface area contributed by atoms with Gasteiger partial charge in [-0.25, -0.2) is 0 Å². The number of ether oxygens (including phenoxy) is 1. The Morgan fingerprint density at radius 3 is 2.14 bits per heavy atom. The zero-order valence-corrected chi connectivity index (χ0v) is 4.87. The lowest BCUT2D eigenvalue weighted by Crippen LogP contribution is -2.25. The molecule has 0 saturated carbocycles. The second kappa shape index (κ2) is 2.55. The van der Waals surface area contributed by atoms with E-state index in [0.29, 0.717) is 0 Å². The van der Waals surface area contributed by atoms with Crippen molar-refractivity contribution in [3.05, 3.63) is 0 Å². The summed E-state index contributed by atoms with van der Waals surface area (Å²) in [5, 5.41) is 0. The van der Waals surface area contributed by atoms with Gasteiger partial charge in [0.2, 0.25) is 0 Å². The molecule has 1 heterocycles. The van der Waals surface area contributed by atoms with Crippen molar-refractivity contribution in [2.24, 2.45) is 0 Å². The molecule has 0 aliphatic carbocycles. The quantitative estimate of drug-likeness (QED) is 0.330. The molecular weight excluding hydrogens is 112 g/mol. The Kier molecular flexibility index (Phi) is 1.97. The average molecular weight is 120 g/mol. The summed E-state index contributed by atoms with van der Waals surface area (Å²) in [6, 6.07) is 0. The normalized spacial score (nSPS) is 25.3. The number of hydrogen-bond acceptors (Lipinski definition) is 2. The minimum Gasteiger partial charge on any atom is -0.532 e. The lowest BCUT2D eigenvalue weighted by Gasteiger charge is -2.26. The van der Waals surface area contributed by atoms with Gasteiger partial charge in [-0.05, 0) is 0 Å². The van der Waals surface area contributed by atoms with Crippen molar-refractivity contribution < 1.29 is 8.55 Å². The van der Waals surface area contributed by atoms with Crippen LogP contribution in [0.25, 0.3) is 0 Å². The topological polar surface area (TPSA) is 11.9 Å². The fourth-order valence-electron chi connectivity index (χ4n) is 0.508. The van der Waals surface area contributed by atoms with Crippen LogP contribution < -0.4 is 0 Å². The van der Waals surface area contributed by atoms with Crippen molar-refractivity contribution >= 4 is 12.9 Å². The Hall–Kier alpha value is 0.270. The Bertz CT molecular complexity index is 51.7. The molecule has 7 heavy (non-hydrogen) atoms. The fourth-order valence-corrected chi connectivity index (χ4v) is 0.644. The number of hydrogen-bond donors (Lipinski definition) is 0. The molecule has 1 rings (SSSR count). The average Bonchev–Trinajstić information content (AvgIpc) is 1.69. The first-order valence-electron chi connectivity index (χ1n) is 2.32. The maximum Gasteiger partial charge on any atom is 0.154 e. The third-order valence-electron chi connectivity index (χ3n) is 0.911. The van der Waals surface area contributed by atoms with Gasteiger partial charge in [-0.15, -0.1) is 0 Å². The lowest BCUT2D eigenvalue weighted by molar-refractivity contribution is -0.0799. The summed E-state index contributed by atoms with van der Waals surface area (Å²) >= 11 is 4.76. The minimum absolute atomic E-state index is 0.772. The van der Waals surface area contributed by atoms with Crippen LogP contribution in [0, 0.1) is 0 Å². The Morgan fingerprint density at radius 2 is 1.86 bits per heavy atom. The minimum atomic E-state index is 0.772. The molecule has 0 N–H and O–H groups in total. The lowest BCUT2D eigenvalue weighted by atomic mass is 10.6. The van der Waals surface area contributed by atoms with Crippen LogP contribution in [0.3, 0.4) is 0 Å². The molecule has 0 bridgehead atoms. The van der Waals surface area contributed by atoms with E-state index in [2.05, 4.69) is 3.81 Å². The summed E-state index contributed by atoms with van der Waals surface area (Å²) in [5.41, 5.74) is 0. The second-order valence-electron chi connectivity index (χ2n) is 1.46. The molecule has 0 aromatic carbocycles. The Balaban J connectivity index is 2.12. The highest BCUT2D eigenvalue weighted by atomic mass is 32.1. The summed E-state index contributed by atoms with van der Waals surface area (Å²) in [7, 11) is 0. The molecule has 0 amide bonds. The van der Waals surface area contributed by atoms with E-state index in [9.17, 15) is 0 Å². The summed E-state index contributed by atoms with van der Waals surface area (Å²) < 4.78 is 7.54. The standard InChI is InChI=1S/C4H8O2S/c7-6-3-1-5-2-4-6/h1-4H2. The molecule has 1 aliphatic rings. The summed E-state index contributed by atoms with van der Waals surface area (Å²) in [4.78, 5) is 0. The molecule has 0 unspecified atom stereocenters. The zero-order valence-electron chi connectivity index (χ0n) is 4.05. The van der Waals surface area contributed by atoms with E-state index in [0.717, 1.165) is 26.4 Å². The van der Waals surface area contributed by atoms with Gasteiger partial charge in [0.25, 0.3) is 0 Å². The highest BCUT2D eigenvalue weighted by molar-refractivity contribution is 7.53. The first-order valence-corrected chi connectivity index (χ1v) is 2.65. The zero-order chi connectivity index (χ0) is 5.11. The van der Waals surface area contributed by atoms with E-state index in [1.807, 2.05) is 0 Å². The SMILES string of the molecule is [S-][O+]1CCOCC1. The van der Waals surface area contributed by atoms with Crippen LogP contribution in [0.1, 0.15) is 0 Å². The van der Waals surface area contributed by atoms with Crippen LogP contribution in [0.2, 0.25) is 0 Å². The first kappa shape index (κ1) is 5.41. The third-order valence-corrected chi connectivity index (χ3v) is 1.24. The van der Waals surface area contributed by atoms with Gasteiger partial charge in [0.05, 0.1) is 0 Å². The van der Waals surface area contributed by atoms with Gasteiger partial charge in [-0.1, -0.05) is 0 Å². The molecule has 1 saturated heterocycles. The van der Waals surface area contributed by atoms with Gasteiger partial charge in [0, 0.05) is 0 Å². The fraction of sp³-hybridized carbons (Fsp3) is 1.00. The second-order valence-corrected chi connectivity index (χ2v) is 1.93. The molecular formula is C4H8O2S. The Morgan fingerprint density at radius 1 is 1.29 bits per heavy atom. The van der Waals surface area contributed by atoms with Gasteiger partial charge in [0.15, 0.2) is 13.2 Å². The summed E-state index contributed by atoms with van der Waals surface area (Å²) in [6.45, 7) is 3.20. The highest BCUT2D eigenvalue weighted by Crippen LogP contribution is 1.96. The van der Waals surface area contributed by atoms with Crippen LogP contribution in [0.4, 0.5) is 0 Å². The smallest absolute Gasteiger partial charge is 0.154 e. The molecule has 1 fully saturated rings. The monoisotopic (exact) mass is 120 g/mol. The maximum absolute atomic E-state index is 5.01. The Labute approximate surface area is 48.7 Å². The van der Waals surface area contributed by atoms with E-state index < -0.39 is 0 Å². The van der Waals surface area contributed by atoms with Crippen LogP contribution in [0.5, 0.6) is 0 Å². The van der Waals surface area contributed by atoms with Crippen LogP contribution >= 0.6 is 0 Å². The van der Waals surface area contributed by atoms with Gasteiger partial charge in [0.1, 0.15) is 13.2 Å². The van der Waals surface area contributed by atoms with Crippen LogP contribution in [0.15, 0.2) is 0 Å². The van der Waals surface area contributed by atoms with Crippen LogP contribution in [-0.2, 0) is 21.5 Å². The molecule has 3 heteroatoms. The molecule has 0 spiro atoms. The summed E-state index contributed by atoms with van der Waals surface area (Å²) in [5.74, 6) is 0. The van der Waals surface area contributed by atoms with E-state index in [1.165, 1.54) is 0 Å². The predicted molar refractivity (Wildman–Crippen MR) is 29.0 cm³/mol. The van der Waals surface area contributed by atoms with E-state index >= 15 is 0 Å². The van der Waals surface area contributed by atoms with E-state index in [4.69, 9.17) is 17.6 Å². The molecule has 0 aromatic rings. The van der Waals surface area contributed by atoms with Crippen LogP contribution in [-0.4, -0.2) is 26.4 Å². The molecule has 0 atom stereocenters. The molecule has 2 nitrogen and oxygen atoms in total. The molecule has 0 radical (unpaired) electrons. The van der Waals surface area contributed by atoms with Crippen molar-refractivity contribution in [3.8, 4) is 0 Å². The third kappa shape index (κ3) is 1.67. The maximum atomic E-state index is 5.01. The summed E-state index contributed by atoms with van der Waals surface area (Å²) in [6.07, 6.45) is 0. The van der Waals surface area contributed by atoms with Crippen molar-refractivity contribution in [2.45, 2.75) is 0 Å². The predicted octanol–water partition coefficient (Wildman–Crippen LogP) is 0.0308. The van der Waals surface area contributed by atoms with Crippen molar-refractivity contribution in [3.63, 3.8) is 0 Å². The molecule has 42 valence electrons. The van der Waals surface area contributed by atoms with Crippen molar-refractivity contribution in [1.82, 2.24) is 0 Å². The van der Waals surface area contributed by atoms with Crippen molar-refractivity contribution in [1.29, 1.82) is 0 Å². The number of rotatable bonds is 0. The molecule has 1 aliphatic heterocycles. The largest absolute Gasteiger partial charge is 0.532 e.